The van der Waals surface area contributed by atoms with Crippen molar-refractivity contribution in [3.05, 3.63) is 83.2 Å². The molecule has 1 aliphatic carbocycles. The van der Waals surface area contributed by atoms with Gasteiger partial charge in [0.15, 0.2) is 0 Å². The molecule has 0 amide bonds. The van der Waals surface area contributed by atoms with E-state index in [1.807, 2.05) is 0 Å². The monoisotopic (exact) mass is 410 g/mol. The van der Waals surface area contributed by atoms with Gasteiger partial charge in [-0.3, -0.25) is 4.98 Å². The van der Waals surface area contributed by atoms with Crippen LogP contribution in [0.1, 0.15) is 55.0 Å². The molecular weight excluding hydrogens is 380 g/mol. The van der Waals surface area contributed by atoms with Crippen molar-refractivity contribution in [2.24, 2.45) is 0 Å². The highest BCUT2D eigenvalue weighted by Crippen LogP contribution is 2.38. The number of hydrogen-bond acceptors (Lipinski definition) is 2. The highest BCUT2D eigenvalue weighted by molar-refractivity contribution is 5.85. The van der Waals surface area contributed by atoms with Gasteiger partial charge in [-0.1, -0.05) is 38.1 Å². The average molecular weight is 411 g/mol. The Hall–Kier alpha value is -3.07. The Balaban J connectivity index is 1.60. The van der Waals surface area contributed by atoms with Crippen LogP contribution in [0.4, 0.5) is 0 Å². The van der Waals surface area contributed by atoms with Crippen molar-refractivity contribution in [1.29, 1.82) is 0 Å². The predicted octanol–water partition coefficient (Wildman–Crippen LogP) is 6.76. The largest absolute Gasteiger partial charge is 0.497 e. The Bertz CT molecular complexity index is 1210. The normalized spacial score (nSPS) is 15.8. The van der Waals surface area contributed by atoms with E-state index in [9.17, 15) is 0 Å². The van der Waals surface area contributed by atoms with E-state index in [0.717, 1.165) is 37.1 Å². The van der Waals surface area contributed by atoms with E-state index in [2.05, 4.69) is 79.3 Å². The van der Waals surface area contributed by atoms with Gasteiger partial charge in [-0.05, 0) is 78.6 Å². The van der Waals surface area contributed by atoms with Gasteiger partial charge in [0, 0.05) is 17.1 Å². The van der Waals surface area contributed by atoms with Crippen molar-refractivity contribution < 1.29 is 4.74 Å². The van der Waals surface area contributed by atoms with Crippen molar-refractivity contribution in [2.75, 3.05) is 7.11 Å². The lowest BCUT2D eigenvalue weighted by molar-refractivity contribution is 0.411. The molecular formula is C28H30N2O. The lowest BCUT2D eigenvalue weighted by Gasteiger charge is -2.28. The molecule has 1 unspecified atom stereocenters. The van der Waals surface area contributed by atoms with Crippen molar-refractivity contribution in [3.63, 3.8) is 0 Å². The number of rotatable bonds is 5. The molecule has 1 aliphatic rings. The second-order valence-corrected chi connectivity index (χ2v) is 8.48. The molecule has 1 atom stereocenters. The second-order valence-electron chi connectivity index (χ2n) is 8.48. The first kappa shape index (κ1) is 19.9. The lowest BCUT2D eigenvalue weighted by atomic mass is 9.87. The predicted molar refractivity (Wildman–Crippen MR) is 128 cm³/mol. The molecule has 5 rings (SSSR count). The lowest BCUT2D eigenvalue weighted by Crippen LogP contribution is -2.16. The fourth-order valence-electron chi connectivity index (χ4n) is 5.20. The zero-order valence-corrected chi connectivity index (χ0v) is 18.7. The van der Waals surface area contributed by atoms with Crippen molar-refractivity contribution in [2.45, 2.75) is 52.0 Å². The van der Waals surface area contributed by atoms with Gasteiger partial charge in [-0.25, -0.2) is 0 Å². The molecule has 3 heteroatoms. The van der Waals surface area contributed by atoms with Gasteiger partial charge in [-0.15, -0.1) is 0 Å². The summed E-state index contributed by atoms with van der Waals surface area (Å²) in [5, 5.41) is 1.26. The Morgan fingerprint density at radius 2 is 1.84 bits per heavy atom. The standard InChI is InChI=1S/C28H30N2O/c1-4-19-8-6-9-20(5-2)28(19)25-16-22-14-15-30(27(22)18-29-25)26-11-7-10-21-12-13-23(31-3)17-24(21)26/h6,8-9,12-18,26H,4-5,7,10-11H2,1-3H3. The molecule has 0 bridgehead atoms. The SMILES string of the molecule is CCc1cccc(CC)c1-c1cc2ccn(C3CCCc4ccc(OC)cc43)c2cn1. The first-order valence-corrected chi connectivity index (χ1v) is 11.5. The molecule has 4 aromatic rings. The molecule has 2 aromatic carbocycles. The van der Waals surface area contributed by atoms with E-state index in [4.69, 9.17) is 9.72 Å². The van der Waals surface area contributed by atoms with E-state index in [-0.39, 0.29) is 0 Å². The topological polar surface area (TPSA) is 27.1 Å². The van der Waals surface area contributed by atoms with E-state index in [1.54, 1.807) is 7.11 Å². The highest BCUT2D eigenvalue weighted by atomic mass is 16.5. The minimum Gasteiger partial charge on any atom is -0.497 e. The maximum atomic E-state index is 5.52. The summed E-state index contributed by atoms with van der Waals surface area (Å²) in [6.45, 7) is 4.45. The summed E-state index contributed by atoms with van der Waals surface area (Å²) in [5.41, 5.74) is 9.18. The quantitative estimate of drug-likeness (QED) is 0.363. The molecule has 2 heterocycles. The van der Waals surface area contributed by atoms with Gasteiger partial charge in [0.2, 0.25) is 0 Å². The first-order chi connectivity index (χ1) is 15.2. The van der Waals surface area contributed by atoms with Gasteiger partial charge in [0.05, 0.1) is 30.6 Å². The van der Waals surface area contributed by atoms with Crippen molar-refractivity contribution in [1.82, 2.24) is 9.55 Å². The second kappa shape index (κ2) is 8.22. The molecule has 3 nitrogen and oxygen atoms in total. The van der Waals surface area contributed by atoms with E-state index in [1.165, 1.54) is 45.1 Å². The maximum Gasteiger partial charge on any atom is 0.119 e. The zero-order chi connectivity index (χ0) is 21.4. The molecule has 158 valence electrons. The molecule has 0 spiro atoms. The number of pyridine rings is 1. The van der Waals surface area contributed by atoms with Crippen LogP contribution in [0.2, 0.25) is 0 Å². The van der Waals surface area contributed by atoms with Crippen molar-refractivity contribution >= 4 is 10.9 Å². The summed E-state index contributed by atoms with van der Waals surface area (Å²) in [5.74, 6) is 0.936. The number of hydrogen-bond donors (Lipinski definition) is 0. The van der Waals surface area contributed by atoms with E-state index in [0.29, 0.717) is 6.04 Å². The minimum absolute atomic E-state index is 0.332. The molecule has 2 aromatic heterocycles. The Labute approximate surface area is 184 Å². The van der Waals surface area contributed by atoms with Crippen molar-refractivity contribution in [3.8, 4) is 17.0 Å². The fourth-order valence-corrected chi connectivity index (χ4v) is 5.20. The summed E-state index contributed by atoms with van der Waals surface area (Å²) >= 11 is 0. The van der Waals surface area contributed by atoms with Crippen LogP contribution in [0.25, 0.3) is 22.2 Å². The van der Waals surface area contributed by atoms with Gasteiger partial charge < -0.3 is 9.30 Å². The van der Waals surface area contributed by atoms with Gasteiger partial charge in [-0.2, -0.15) is 0 Å². The third kappa shape index (κ3) is 3.42. The summed E-state index contributed by atoms with van der Waals surface area (Å²) in [6, 6.07) is 18.0. The number of ether oxygens (including phenoxy) is 1. The maximum absolute atomic E-state index is 5.52. The summed E-state index contributed by atoms with van der Waals surface area (Å²) in [6.07, 6.45) is 9.84. The van der Waals surface area contributed by atoms with Crippen LogP contribution in [-0.2, 0) is 19.3 Å². The summed E-state index contributed by atoms with van der Waals surface area (Å²) < 4.78 is 7.93. The summed E-state index contributed by atoms with van der Waals surface area (Å²) in [4.78, 5) is 4.97. The van der Waals surface area contributed by atoms with Crippen LogP contribution in [-0.4, -0.2) is 16.7 Å². The number of nitrogens with zero attached hydrogens (tertiary/aromatic N) is 2. The molecule has 0 N–H and O–H groups in total. The fraction of sp³-hybridized carbons (Fsp3) is 0.321. The highest BCUT2D eigenvalue weighted by Gasteiger charge is 2.23. The molecule has 0 radical (unpaired) electrons. The van der Waals surface area contributed by atoms with Crippen LogP contribution in [0.3, 0.4) is 0 Å². The first-order valence-electron chi connectivity index (χ1n) is 11.5. The van der Waals surface area contributed by atoms with Gasteiger partial charge in [0.25, 0.3) is 0 Å². The Morgan fingerprint density at radius 3 is 2.58 bits per heavy atom. The van der Waals surface area contributed by atoms with E-state index < -0.39 is 0 Å². The van der Waals surface area contributed by atoms with Crippen LogP contribution in [0.15, 0.2) is 60.9 Å². The van der Waals surface area contributed by atoms with Crippen LogP contribution < -0.4 is 4.74 Å². The van der Waals surface area contributed by atoms with E-state index >= 15 is 0 Å². The van der Waals surface area contributed by atoms with Crippen LogP contribution in [0, 0.1) is 0 Å². The van der Waals surface area contributed by atoms with Gasteiger partial charge in [0.1, 0.15) is 5.75 Å². The Kier molecular flexibility index (Phi) is 5.27. The smallest absolute Gasteiger partial charge is 0.119 e. The number of methoxy groups -OCH3 is 1. The molecule has 0 fully saturated rings. The number of aromatic nitrogens is 2. The third-order valence-electron chi connectivity index (χ3n) is 6.83. The number of fused-ring (bicyclic) bond motifs is 2. The average Bonchev–Trinajstić information content (AvgIpc) is 3.25. The molecule has 0 saturated heterocycles. The minimum atomic E-state index is 0.332. The van der Waals surface area contributed by atoms with Crippen LogP contribution in [0.5, 0.6) is 5.75 Å². The number of aryl methyl sites for hydroxylation is 3. The Morgan fingerprint density at radius 1 is 1.03 bits per heavy atom. The zero-order valence-electron chi connectivity index (χ0n) is 18.7. The number of benzene rings is 2. The molecule has 0 aliphatic heterocycles. The third-order valence-corrected chi connectivity index (χ3v) is 6.83. The van der Waals surface area contributed by atoms with Crippen LogP contribution >= 0.6 is 0 Å². The summed E-state index contributed by atoms with van der Waals surface area (Å²) in [7, 11) is 1.74. The van der Waals surface area contributed by atoms with Gasteiger partial charge >= 0.3 is 0 Å². The molecule has 0 saturated carbocycles. The molecule has 31 heavy (non-hydrogen) atoms.